The Hall–Kier alpha value is -2.96. The van der Waals surface area contributed by atoms with Crippen LogP contribution in [0.1, 0.15) is 51.0 Å². The van der Waals surface area contributed by atoms with Crippen LogP contribution in [0.5, 0.6) is 0 Å². The number of carbonyl (C=O) groups excluding carboxylic acids is 2. The third-order valence-electron chi connectivity index (χ3n) is 4.95. The van der Waals surface area contributed by atoms with Crippen LogP contribution in [0, 0.1) is 10.1 Å². The molecule has 0 amide bonds. The van der Waals surface area contributed by atoms with Crippen molar-refractivity contribution in [2.75, 3.05) is 6.61 Å². The van der Waals surface area contributed by atoms with Gasteiger partial charge in [-0.2, -0.15) is 0 Å². The highest BCUT2D eigenvalue weighted by Crippen LogP contribution is 2.45. The third kappa shape index (κ3) is 3.37. The SMILES string of the molecule is CCOC(=O)C1=C(CC)NC2=C(C(=O)CCC2)[C@@H]1c1ccccc1[N+](=O)[O-]. The topological polar surface area (TPSA) is 98.5 Å². The van der Waals surface area contributed by atoms with Crippen LogP contribution in [0.25, 0.3) is 0 Å². The van der Waals surface area contributed by atoms with Gasteiger partial charge in [0.2, 0.25) is 0 Å². The predicted molar refractivity (Wildman–Crippen MR) is 98.8 cm³/mol. The lowest BCUT2D eigenvalue weighted by molar-refractivity contribution is -0.385. The van der Waals surface area contributed by atoms with Gasteiger partial charge in [-0.15, -0.1) is 0 Å². The fourth-order valence-corrected chi connectivity index (χ4v) is 3.83. The number of nitrogens with zero attached hydrogens (tertiary/aromatic N) is 1. The number of rotatable bonds is 5. The average molecular weight is 370 g/mol. The van der Waals surface area contributed by atoms with Gasteiger partial charge in [0.1, 0.15) is 0 Å². The summed E-state index contributed by atoms with van der Waals surface area (Å²) in [5, 5.41) is 14.9. The largest absolute Gasteiger partial charge is 0.463 e. The maximum Gasteiger partial charge on any atom is 0.336 e. The van der Waals surface area contributed by atoms with E-state index in [1.165, 1.54) is 6.07 Å². The Balaban J connectivity index is 2.27. The molecule has 1 aliphatic carbocycles. The van der Waals surface area contributed by atoms with Crippen molar-refractivity contribution in [2.24, 2.45) is 0 Å². The van der Waals surface area contributed by atoms with E-state index in [2.05, 4.69) is 5.32 Å². The molecule has 0 saturated heterocycles. The first-order valence-corrected chi connectivity index (χ1v) is 9.16. The fourth-order valence-electron chi connectivity index (χ4n) is 3.83. The second-order valence-corrected chi connectivity index (χ2v) is 6.51. The summed E-state index contributed by atoms with van der Waals surface area (Å²) in [6, 6.07) is 6.29. The van der Waals surface area contributed by atoms with E-state index in [-0.39, 0.29) is 18.1 Å². The van der Waals surface area contributed by atoms with Gasteiger partial charge in [0, 0.05) is 35.0 Å². The second kappa shape index (κ2) is 7.73. The van der Waals surface area contributed by atoms with Gasteiger partial charge in [0.15, 0.2) is 5.78 Å². The lowest BCUT2D eigenvalue weighted by atomic mass is 9.74. The zero-order valence-corrected chi connectivity index (χ0v) is 15.4. The molecule has 7 nitrogen and oxygen atoms in total. The molecule has 0 aromatic heterocycles. The van der Waals surface area contributed by atoms with Gasteiger partial charge in [-0.05, 0) is 26.2 Å². The summed E-state index contributed by atoms with van der Waals surface area (Å²) in [6.45, 7) is 3.79. The molecule has 0 saturated carbocycles. The zero-order chi connectivity index (χ0) is 19.6. The Morgan fingerprint density at radius 3 is 2.70 bits per heavy atom. The van der Waals surface area contributed by atoms with Crippen molar-refractivity contribution in [1.82, 2.24) is 5.32 Å². The molecular formula is C20H22N2O5. The van der Waals surface area contributed by atoms with Crippen LogP contribution in [-0.2, 0) is 14.3 Å². The molecule has 1 atom stereocenters. The Morgan fingerprint density at radius 1 is 1.30 bits per heavy atom. The number of nitro benzene ring substituents is 1. The number of hydrogen-bond acceptors (Lipinski definition) is 6. The van der Waals surface area contributed by atoms with Gasteiger partial charge >= 0.3 is 5.97 Å². The van der Waals surface area contributed by atoms with E-state index < -0.39 is 16.8 Å². The van der Waals surface area contributed by atoms with Crippen LogP contribution >= 0.6 is 0 Å². The lowest BCUT2D eigenvalue weighted by Crippen LogP contribution is -2.35. The number of nitrogens with one attached hydrogen (secondary N) is 1. The number of dihydropyridines is 1. The summed E-state index contributed by atoms with van der Waals surface area (Å²) in [5.41, 5.74) is 2.41. The van der Waals surface area contributed by atoms with Crippen molar-refractivity contribution < 1.29 is 19.2 Å². The molecule has 7 heteroatoms. The number of carbonyl (C=O) groups is 2. The molecule has 142 valence electrons. The van der Waals surface area contributed by atoms with Crippen LogP contribution < -0.4 is 5.32 Å². The standard InChI is InChI=1S/C20H22N2O5/c1-3-13-19(20(24)27-4-2)17(12-8-5-6-10-15(12)22(25)26)18-14(21-13)9-7-11-16(18)23/h5-6,8,10,17,21H,3-4,7,9,11H2,1-2H3/t17-/m0/s1. The molecule has 0 fully saturated rings. The quantitative estimate of drug-likeness (QED) is 0.484. The summed E-state index contributed by atoms with van der Waals surface area (Å²) < 4.78 is 5.24. The summed E-state index contributed by atoms with van der Waals surface area (Å²) >= 11 is 0. The summed E-state index contributed by atoms with van der Waals surface area (Å²) in [4.78, 5) is 36.7. The molecular weight excluding hydrogens is 348 g/mol. The molecule has 0 bridgehead atoms. The van der Waals surface area contributed by atoms with E-state index in [4.69, 9.17) is 4.74 Å². The van der Waals surface area contributed by atoms with Crippen LogP contribution in [0.2, 0.25) is 0 Å². The third-order valence-corrected chi connectivity index (χ3v) is 4.95. The van der Waals surface area contributed by atoms with Crippen LogP contribution in [0.4, 0.5) is 5.69 Å². The molecule has 1 N–H and O–H groups in total. The maximum absolute atomic E-state index is 12.8. The molecule has 1 heterocycles. The van der Waals surface area contributed by atoms with Gasteiger partial charge in [-0.1, -0.05) is 25.1 Å². The maximum atomic E-state index is 12.8. The number of Topliss-reactive ketones (excluding diaryl/α,β-unsaturated/α-hetero) is 1. The van der Waals surface area contributed by atoms with Crippen LogP contribution in [-0.4, -0.2) is 23.3 Å². The monoisotopic (exact) mass is 370 g/mol. The highest BCUT2D eigenvalue weighted by atomic mass is 16.6. The van der Waals surface area contributed by atoms with Crippen LogP contribution in [0.3, 0.4) is 0 Å². The van der Waals surface area contributed by atoms with E-state index in [0.717, 1.165) is 12.1 Å². The summed E-state index contributed by atoms with van der Waals surface area (Å²) in [6.07, 6.45) is 2.29. The zero-order valence-electron chi connectivity index (χ0n) is 15.4. The van der Waals surface area contributed by atoms with Gasteiger partial charge in [0.25, 0.3) is 5.69 Å². The minimum absolute atomic E-state index is 0.0798. The first-order valence-electron chi connectivity index (χ1n) is 9.16. The summed E-state index contributed by atoms with van der Waals surface area (Å²) in [7, 11) is 0. The number of ketones is 1. The molecule has 0 radical (unpaired) electrons. The Bertz CT molecular complexity index is 869. The van der Waals surface area contributed by atoms with Gasteiger partial charge < -0.3 is 10.1 Å². The van der Waals surface area contributed by atoms with E-state index in [1.54, 1.807) is 25.1 Å². The van der Waals surface area contributed by atoms with Gasteiger partial charge in [-0.3, -0.25) is 14.9 Å². The molecule has 0 spiro atoms. The normalized spacial score (nSPS) is 19.5. The fraction of sp³-hybridized carbons (Fsp3) is 0.400. The average Bonchev–Trinajstić information content (AvgIpc) is 2.66. The number of para-hydroxylation sites is 1. The predicted octanol–water partition coefficient (Wildman–Crippen LogP) is 3.52. The highest BCUT2D eigenvalue weighted by Gasteiger charge is 2.41. The first kappa shape index (κ1) is 18.8. The minimum atomic E-state index is -0.787. The number of nitro groups is 1. The van der Waals surface area contributed by atoms with Crippen molar-refractivity contribution >= 4 is 17.4 Å². The first-order chi connectivity index (χ1) is 13.0. The van der Waals surface area contributed by atoms with Crippen molar-refractivity contribution in [2.45, 2.75) is 45.4 Å². The molecule has 0 unspecified atom stereocenters. The van der Waals surface area contributed by atoms with Gasteiger partial charge in [0.05, 0.1) is 23.0 Å². The number of hydrogen-bond donors (Lipinski definition) is 1. The molecule has 1 aromatic rings. The molecule has 1 aliphatic heterocycles. The van der Waals surface area contributed by atoms with Crippen molar-refractivity contribution in [3.63, 3.8) is 0 Å². The second-order valence-electron chi connectivity index (χ2n) is 6.51. The van der Waals surface area contributed by atoms with E-state index in [9.17, 15) is 19.7 Å². The minimum Gasteiger partial charge on any atom is -0.463 e. The molecule has 27 heavy (non-hydrogen) atoms. The Kier molecular flexibility index (Phi) is 5.39. The Morgan fingerprint density at radius 2 is 2.04 bits per heavy atom. The van der Waals surface area contributed by atoms with Gasteiger partial charge in [-0.25, -0.2) is 4.79 Å². The summed E-state index contributed by atoms with van der Waals surface area (Å²) in [5.74, 6) is -1.41. The number of esters is 1. The van der Waals surface area contributed by atoms with E-state index in [1.807, 2.05) is 6.92 Å². The van der Waals surface area contributed by atoms with E-state index in [0.29, 0.717) is 41.7 Å². The number of benzene rings is 1. The van der Waals surface area contributed by atoms with Crippen molar-refractivity contribution in [3.05, 3.63) is 62.5 Å². The Labute approximate surface area is 157 Å². The molecule has 1 aromatic carbocycles. The van der Waals surface area contributed by atoms with Crippen molar-refractivity contribution in [1.29, 1.82) is 0 Å². The lowest BCUT2D eigenvalue weighted by Gasteiger charge is -2.34. The molecule has 2 aliphatic rings. The van der Waals surface area contributed by atoms with E-state index >= 15 is 0 Å². The number of allylic oxidation sites excluding steroid dienone is 3. The number of ether oxygens (including phenoxy) is 1. The molecule has 3 rings (SSSR count). The van der Waals surface area contributed by atoms with Crippen molar-refractivity contribution in [3.8, 4) is 0 Å². The highest BCUT2D eigenvalue weighted by molar-refractivity contribution is 6.04. The smallest absolute Gasteiger partial charge is 0.336 e. The van der Waals surface area contributed by atoms with Crippen LogP contribution in [0.15, 0.2) is 46.8 Å².